The van der Waals surface area contributed by atoms with Gasteiger partial charge in [-0.3, -0.25) is 4.79 Å². The fourth-order valence-electron chi connectivity index (χ4n) is 1.23. The van der Waals surface area contributed by atoms with Crippen LogP contribution < -0.4 is 15.2 Å². The smallest absolute Gasteiger partial charge is 0.300 e. The highest BCUT2D eigenvalue weighted by Gasteiger charge is 2.09. The number of ether oxygens (including phenoxy) is 2. The van der Waals surface area contributed by atoms with E-state index in [1.165, 1.54) is 0 Å². The van der Waals surface area contributed by atoms with E-state index in [-0.39, 0.29) is 0 Å². The topological polar surface area (TPSA) is 106 Å². The van der Waals surface area contributed by atoms with Gasteiger partial charge in [-0.15, -0.1) is 0 Å². The van der Waals surface area contributed by atoms with E-state index in [9.17, 15) is 0 Å². The van der Waals surface area contributed by atoms with Crippen LogP contribution in [0.1, 0.15) is 25.5 Å². The van der Waals surface area contributed by atoms with Crippen molar-refractivity contribution in [1.82, 2.24) is 0 Å². The molecule has 1 aromatic carbocycles. The maximum absolute atomic E-state index is 9.00. The van der Waals surface area contributed by atoms with Crippen molar-refractivity contribution in [2.24, 2.45) is 5.73 Å². The van der Waals surface area contributed by atoms with Crippen LogP contribution in [0.4, 0.5) is 0 Å². The zero-order chi connectivity index (χ0) is 14.8. The predicted molar refractivity (Wildman–Crippen MR) is 70.0 cm³/mol. The summed E-state index contributed by atoms with van der Waals surface area (Å²) in [4.78, 5) is 9.00. The van der Waals surface area contributed by atoms with E-state index in [0.29, 0.717) is 18.1 Å². The molecular weight excluding hydrogens is 248 g/mol. The van der Waals surface area contributed by atoms with E-state index in [0.717, 1.165) is 12.5 Å². The molecule has 0 bridgehead atoms. The number of hydrogen-bond acceptors (Lipinski definition) is 5. The van der Waals surface area contributed by atoms with Crippen molar-refractivity contribution in [2.75, 3.05) is 13.7 Å². The normalized spacial score (nSPS) is 10.5. The Morgan fingerprint density at radius 1 is 1.53 bits per heavy atom. The Morgan fingerprint density at radius 3 is 2.53 bits per heavy atom. The molecule has 0 aliphatic rings. The van der Waals surface area contributed by atoms with Crippen LogP contribution in [0.5, 0.6) is 11.5 Å². The first-order valence-electron chi connectivity index (χ1n) is 5.61. The largest absolute Gasteiger partial charge is 0.493 e. The van der Waals surface area contributed by atoms with E-state index >= 15 is 0 Å². The van der Waals surface area contributed by atoms with Crippen LogP contribution in [0.15, 0.2) is 18.2 Å². The molecule has 0 fully saturated rings. The van der Waals surface area contributed by atoms with Gasteiger partial charge in [-0.1, -0.05) is 6.07 Å². The van der Waals surface area contributed by atoms with Crippen LogP contribution in [0.25, 0.3) is 0 Å². The highest BCUT2D eigenvalue weighted by Crippen LogP contribution is 2.29. The summed E-state index contributed by atoms with van der Waals surface area (Å²) in [6.07, 6.45) is 0. The number of nitriles is 1. The van der Waals surface area contributed by atoms with Gasteiger partial charge in [0.2, 0.25) is 0 Å². The molecule has 0 saturated heterocycles. The molecule has 0 aliphatic carbocycles. The van der Waals surface area contributed by atoms with Crippen LogP contribution in [-0.4, -0.2) is 24.8 Å². The van der Waals surface area contributed by atoms with Crippen molar-refractivity contribution in [2.45, 2.75) is 19.9 Å². The van der Waals surface area contributed by atoms with Gasteiger partial charge in [-0.25, -0.2) is 0 Å². The third-order valence-electron chi connectivity index (χ3n) is 1.99. The van der Waals surface area contributed by atoms with Crippen LogP contribution in [0.3, 0.4) is 0 Å². The lowest BCUT2D eigenvalue weighted by molar-refractivity contribution is -0.134. The number of benzene rings is 1. The Hall–Kier alpha value is -2.26. The van der Waals surface area contributed by atoms with Crippen molar-refractivity contribution < 1.29 is 19.4 Å². The number of hydrogen-bond donors (Lipinski definition) is 2. The van der Waals surface area contributed by atoms with E-state index in [1.807, 2.05) is 13.0 Å². The molecule has 19 heavy (non-hydrogen) atoms. The molecule has 0 aromatic heterocycles. The number of aliphatic carboxylic acids is 1. The van der Waals surface area contributed by atoms with E-state index in [1.54, 1.807) is 25.3 Å². The minimum Gasteiger partial charge on any atom is -0.493 e. The van der Waals surface area contributed by atoms with Gasteiger partial charge < -0.3 is 20.3 Å². The number of nitrogens with two attached hydrogens (primary N) is 1. The molecule has 0 heterocycles. The van der Waals surface area contributed by atoms with Gasteiger partial charge in [-0.05, 0) is 24.6 Å². The van der Waals surface area contributed by atoms with Crippen molar-refractivity contribution >= 4 is 5.97 Å². The van der Waals surface area contributed by atoms with Gasteiger partial charge in [-0.2, -0.15) is 5.26 Å². The molecule has 1 atom stereocenters. The van der Waals surface area contributed by atoms with E-state index < -0.39 is 12.0 Å². The van der Waals surface area contributed by atoms with Crippen molar-refractivity contribution in [3.63, 3.8) is 0 Å². The van der Waals surface area contributed by atoms with Crippen LogP contribution >= 0.6 is 0 Å². The third kappa shape index (κ3) is 6.29. The standard InChI is InChI=1S/C11H14N2O2.C2H4O2/c1-3-15-11-6-8(9(13)7-12)4-5-10(11)14-2;1-2(3)4/h4-6,9H,3,13H2,1-2H3;1H3,(H,3,4). The van der Waals surface area contributed by atoms with E-state index in [4.69, 9.17) is 30.4 Å². The summed E-state index contributed by atoms with van der Waals surface area (Å²) in [6.45, 7) is 3.51. The average Bonchev–Trinajstić information content (AvgIpc) is 2.37. The Bertz CT molecular complexity index is 450. The second kappa shape index (κ2) is 8.78. The second-order valence-electron chi connectivity index (χ2n) is 3.47. The molecule has 104 valence electrons. The maximum Gasteiger partial charge on any atom is 0.300 e. The number of carbonyl (C=O) groups is 1. The Labute approximate surface area is 112 Å². The molecule has 0 amide bonds. The third-order valence-corrected chi connectivity index (χ3v) is 1.99. The summed E-state index contributed by atoms with van der Waals surface area (Å²) < 4.78 is 10.5. The van der Waals surface area contributed by atoms with Crippen molar-refractivity contribution in [1.29, 1.82) is 5.26 Å². The fourth-order valence-corrected chi connectivity index (χ4v) is 1.23. The first kappa shape index (κ1) is 16.7. The van der Waals surface area contributed by atoms with Gasteiger partial charge in [0, 0.05) is 6.92 Å². The predicted octanol–water partition coefficient (Wildman–Crippen LogP) is 1.71. The summed E-state index contributed by atoms with van der Waals surface area (Å²) in [5.74, 6) is 0.425. The maximum atomic E-state index is 9.00. The lowest BCUT2D eigenvalue weighted by Gasteiger charge is -2.11. The summed E-state index contributed by atoms with van der Waals surface area (Å²) in [5, 5.41) is 16.1. The number of carboxylic acids is 1. The molecule has 0 radical (unpaired) electrons. The summed E-state index contributed by atoms with van der Waals surface area (Å²) in [6, 6.07) is 6.58. The Kier molecular flexibility index (Phi) is 7.73. The Morgan fingerprint density at radius 2 is 2.11 bits per heavy atom. The zero-order valence-corrected chi connectivity index (χ0v) is 11.2. The molecule has 0 aliphatic heterocycles. The van der Waals surface area contributed by atoms with E-state index in [2.05, 4.69) is 0 Å². The average molecular weight is 266 g/mol. The summed E-state index contributed by atoms with van der Waals surface area (Å²) in [5.41, 5.74) is 6.32. The fraction of sp³-hybridized carbons (Fsp3) is 0.385. The molecular formula is C13H18N2O4. The lowest BCUT2D eigenvalue weighted by Crippen LogP contribution is -2.07. The first-order valence-corrected chi connectivity index (χ1v) is 5.61. The SMILES string of the molecule is CC(=O)O.CCOc1cc(C(N)C#N)ccc1OC. The minimum atomic E-state index is -0.833. The second-order valence-corrected chi connectivity index (χ2v) is 3.47. The first-order chi connectivity index (χ1) is 8.96. The molecule has 0 saturated carbocycles. The van der Waals surface area contributed by atoms with Gasteiger partial charge in [0.15, 0.2) is 11.5 Å². The molecule has 1 rings (SSSR count). The zero-order valence-electron chi connectivity index (χ0n) is 11.2. The van der Waals surface area contributed by atoms with Crippen LogP contribution in [0, 0.1) is 11.3 Å². The van der Waals surface area contributed by atoms with Gasteiger partial charge in [0.1, 0.15) is 6.04 Å². The number of rotatable bonds is 4. The lowest BCUT2D eigenvalue weighted by atomic mass is 10.1. The highest BCUT2D eigenvalue weighted by atomic mass is 16.5. The summed E-state index contributed by atoms with van der Waals surface area (Å²) in [7, 11) is 1.57. The van der Waals surface area contributed by atoms with Crippen LogP contribution in [0.2, 0.25) is 0 Å². The van der Waals surface area contributed by atoms with Gasteiger partial charge >= 0.3 is 0 Å². The molecule has 3 N–H and O–H groups in total. The van der Waals surface area contributed by atoms with Crippen LogP contribution in [-0.2, 0) is 4.79 Å². The van der Waals surface area contributed by atoms with Crippen molar-refractivity contribution in [3.05, 3.63) is 23.8 Å². The molecule has 6 nitrogen and oxygen atoms in total. The number of nitrogens with zero attached hydrogens (tertiary/aromatic N) is 1. The molecule has 6 heteroatoms. The monoisotopic (exact) mass is 266 g/mol. The Balaban J connectivity index is 0.000000711. The highest BCUT2D eigenvalue weighted by molar-refractivity contribution is 5.62. The quantitative estimate of drug-likeness (QED) is 0.859. The molecule has 1 aromatic rings. The van der Waals surface area contributed by atoms with Crippen molar-refractivity contribution in [3.8, 4) is 17.6 Å². The molecule has 0 spiro atoms. The number of methoxy groups -OCH3 is 1. The number of carboxylic acid groups (broad SMARTS) is 1. The minimum absolute atomic E-state index is 0.543. The summed E-state index contributed by atoms with van der Waals surface area (Å²) >= 11 is 0. The van der Waals surface area contributed by atoms with Gasteiger partial charge in [0.25, 0.3) is 5.97 Å². The molecule has 1 unspecified atom stereocenters. The van der Waals surface area contributed by atoms with Gasteiger partial charge in [0.05, 0.1) is 19.8 Å².